The molecule has 0 aromatic heterocycles. The van der Waals surface area contributed by atoms with Gasteiger partial charge in [-0.05, 0) is 35.9 Å². The molecule has 30 heavy (non-hydrogen) atoms. The van der Waals surface area contributed by atoms with Gasteiger partial charge in [0.2, 0.25) is 0 Å². The van der Waals surface area contributed by atoms with Crippen LogP contribution in [0.4, 0.5) is 5.69 Å². The normalized spacial score (nSPS) is 14.1. The highest BCUT2D eigenvalue weighted by molar-refractivity contribution is 6.01. The molecule has 0 unspecified atom stereocenters. The number of hydrogen-bond donors (Lipinski definition) is 0. The van der Waals surface area contributed by atoms with Gasteiger partial charge in [0.15, 0.2) is 6.61 Å². The molecule has 2 aromatic carbocycles. The first-order valence-electron chi connectivity index (χ1n) is 9.61. The molecule has 1 heterocycles. The van der Waals surface area contributed by atoms with E-state index in [2.05, 4.69) is 21.8 Å². The molecule has 1 amide bonds. The molecule has 0 saturated carbocycles. The van der Waals surface area contributed by atoms with Gasteiger partial charge in [-0.15, -0.1) is 0 Å². The number of methoxy groups -OCH3 is 1. The van der Waals surface area contributed by atoms with Crippen LogP contribution in [-0.4, -0.2) is 56.7 Å². The number of hydrogen-bond acceptors (Lipinski definition) is 6. The van der Waals surface area contributed by atoms with Gasteiger partial charge in [0.1, 0.15) is 17.4 Å². The number of benzene rings is 2. The van der Waals surface area contributed by atoms with Gasteiger partial charge in [0.05, 0.1) is 7.11 Å². The predicted octanol–water partition coefficient (Wildman–Crippen LogP) is 2.49. The van der Waals surface area contributed by atoms with E-state index in [9.17, 15) is 14.9 Å². The molecule has 0 bridgehead atoms. The number of ether oxygens (including phenoxy) is 2. The Hall–Kier alpha value is -3.79. The van der Waals surface area contributed by atoms with E-state index in [-0.39, 0.29) is 18.1 Å². The summed E-state index contributed by atoms with van der Waals surface area (Å²) in [6.45, 7) is 2.39. The van der Waals surface area contributed by atoms with Gasteiger partial charge in [0.25, 0.3) is 5.91 Å². The fourth-order valence-corrected chi connectivity index (χ4v) is 3.15. The van der Waals surface area contributed by atoms with Gasteiger partial charge in [-0.2, -0.15) is 5.26 Å². The van der Waals surface area contributed by atoms with Crippen molar-refractivity contribution >= 4 is 23.6 Å². The second-order valence-corrected chi connectivity index (χ2v) is 6.72. The highest BCUT2D eigenvalue weighted by Gasteiger charge is 2.23. The molecule has 7 nitrogen and oxygen atoms in total. The summed E-state index contributed by atoms with van der Waals surface area (Å²) < 4.78 is 9.82. The van der Waals surface area contributed by atoms with Crippen LogP contribution < -0.4 is 9.64 Å². The Labute approximate surface area is 175 Å². The van der Waals surface area contributed by atoms with Gasteiger partial charge in [0, 0.05) is 31.9 Å². The van der Waals surface area contributed by atoms with E-state index in [0.717, 1.165) is 18.8 Å². The number of amides is 1. The molecule has 0 radical (unpaired) electrons. The summed E-state index contributed by atoms with van der Waals surface area (Å²) in [6.07, 6.45) is 1.57. The Morgan fingerprint density at radius 2 is 1.70 bits per heavy atom. The Bertz CT molecular complexity index is 941. The Balaban J connectivity index is 1.60. The third-order valence-electron chi connectivity index (χ3n) is 4.81. The van der Waals surface area contributed by atoms with Crippen LogP contribution >= 0.6 is 0 Å². The van der Waals surface area contributed by atoms with Crippen LogP contribution in [0, 0.1) is 11.3 Å². The number of carbonyl (C=O) groups is 2. The monoisotopic (exact) mass is 405 g/mol. The molecular formula is C23H23N3O4. The lowest BCUT2D eigenvalue weighted by molar-refractivity contribution is -0.142. The zero-order valence-electron chi connectivity index (χ0n) is 16.8. The predicted molar refractivity (Wildman–Crippen MR) is 113 cm³/mol. The topological polar surface area (TPSA) is 82.9 Å². The van der Waals surface area contributed by atoms with E-state index in [0.29, 0.717) is 24.4 Å². The minimum Gasteiger partial charge on any atom is -0.482 e. The average Bonchev–Trinajstić information content (AvgIpc) is 2.82. The van der Waals surface area contributed by atoms with E-state index in [1.807, 2.05) is 24.3 Å². The largest absolute Gasteiger partial charge is 0.482 e. The molecule has 0 atom stereocenters. The van der Waals surface area contributed by atoms with Crippen molar-refractivity contribution in [3.05, 3.63) is 65.7 Å². The van der Waals surface area contributed by atoms with E-state index in [1.54, 1.807) is 35.2 Å². The van der Waals surface area contributed by atoms with Crippen LogP contribution in [-0.2, 0) is 14.3 Å². The smallest absolute Gasteiger partial charge is 0.343 e. The molecule has 0 aliphatic carbocycles. The van der Waals surface area contributed by atoms with Gasteiger partial charge in [-0.3, -0.25) is 4.79 Å². The van der Waals surface area contributed by atoms with Crippen molar-refractivity contribution in [2.45, 2.75) is 0 Å². The molecule has 3 rings (SSSR count). The van der Waals surface area contributed by atoms with Crippen molar-refractivity contribution in [3.8, 4) is 11.8 Å². The number of anilines is 1. The molecule has 0 spiro atoms. The molecule has 7 heteroatoms. The number of esters is 1. The first-order valence-corrected chi connectivity index (χ1v) is 9.61. The van der Waals surface area contributed by atoms with E-state index in [4.69, 9.17) is 4.74 Å². The SMILES string of the molecule is COC(=O)COc1ccc(/C=C(/C#N)C(=O)N2CCN(c3ccccc3)CC2)cc1. The number of rotatable bonds is 6. The number of para-hydroxylation sites is 1. The van der Waals surface area contributed by atoms with Crippen LogP contribution in [0.3, 0.4) is 0 Å². The molecule has 2 aromatic rings. The Kier molecular flexibility index (Phi) is 7.06. The van der Waals surface area contributed by atoms with Crippen LogP contribution in [0.15, 0.2) is 60.2 Å². The molecular weight excluding hydrogens is 382 g/mol. The maximum atomic E-state index is 12.8. The lowest BCUT2D eigenvalue weighted by Crippen LogP contribution is -2.49. The zero-order chi connectivity index (χ0) is 21.3. The van der Waals surface area contributed by atoms with Gasteiger partial charge >= 0.3 is 5.97 Å². The summed E-state index contributed by atoms with van der Waals surface area (Å²) in [7, 11) is 1.29. The summed E-state index contributed by atoms with van der Waals surface area (Å²) in [5.74, 6) is -0.237. The number of carbonyl (C=O) groups excluding carboxylic acids is 2. The van der Waals surface area contributed by atoms with Crippen LogP contribution in [0.1, 0.15) is 5.56 Å². The average molecular weight is 405 g/mol. The number of piperazine rings is 1. The minimum absolute atomic E-state index is 0.0893. The van der Waals surface area contributed by atoms with Crippen LogP contribution in [0.5, 0.6) is 5.75 Å². The van der Waals surface area contributed by atoms with Crippen LogP contribution in [0.25, 0.3) is 6.08 Å². The lowest BCUT2D eigenvalue weighted by atomic mass is 10.1. The Morgan fingerprint density at radius 3 is 2.30 bits per heavy atom. The molecule has 1 saturated heterocycles. The number of nitriles is 1. The van der Waals surface area contributed by atoms with Crippen molar-refractivity contribution in [1.82, 2.24) is 4.90 Å². The molecule has 1 fully saturated rings. The summed E-state index contributed by atoms with van der Waals surface area (Å²) >= 11 is 0. The fraction of sp³-hybridized carbons (Fsp3) is 0.261. The second-order valence-electron chi connectivity index (χ2n) is 6.72. The summed E-state index contributed by atoms with van der Waals surface area (Å²) in [4.78, 5) is 27.9. The third-order valence-corrected chi connectivity index (χ3v) is 4.81. The summed E-state index contributed by atoms with van der Waals surface area (Å²) in [5, 5.41) is 9.49. The zero-order valence-corrected chi connectivity index (χ0v) is 16.8. The third kappa shape index (κ3) is 5.39. The van der Waals surface area contributed by atoms with Crippen molar-refractivity contribution in [1.29, 1.82) is 5.26 Å². The summed E-state index contributed by atoms with van der Waals surface area (Å²) in [5.41, 5.74) is 1.93. The molecule has 0 N–H and O–H groups in total. The Morgan fingerprint density at radius 1 is 1.03 bits per heavy atom. The van der Waals surface area contributed by atoms with Crippen molar-refractivity contribution in [2.75, 3.05) is 44.8 Å². The van der Waals surface area contributed by atoms with Gasteiger partial charge < -0.3 is 19.3 Å². The van der Waals surface area contributed by atoms with Crippen molar-refractivity contribution < 1.29 is 19.1 Å². The van der Waals surface area contributed by atoms with E-state index >= 15 is 0 Å². The lowest BCUT2D eigenvalue weighted by Gasteiger charge is -2.36. The minimum atomic E-state index is -0.469. The highest BCUT2D eigenvalue weighted by Crippen LogP contribution is 2.18. The first kappa shape index (κ1) is 20.9. The maximum absolute atomic E-state index is 12.8. The van der Waals surface area contributed by atoms with Crippen molar-refractivity contribution in [2.24, 2.45) is 0 Å². The van der Waals surface area contributed by atoms with Gasteiger partial charge in [-0.1, -0.05) is 30.3 Å². The van der Waals surface area contributed by atoms with Gasteiger partial charge in [-0.25, -0.2) is 4.79 Å². The maximum Gasteiger partial charge on any atom is 0.343 e. The molecule has 1 aliphatic heterocycles. The summed E-state index contributed by atoms with van der Waals surface area (Å²) in [6, 6.07) is 18.9. The first-order chi connectivity index (χ1) is 14.6. The highest BCUT2D eigenvalue weighted by atomic mass is 16.6. The van der Waals surface area contributed by atoms with E-state index < -0.39 is 5.97 Å². The molecule has 154 valence electrons. The second kappa shape index (κ2) is 10.1. The fourth-order valence-electron chi connectivity index (χ4n) is 3.15. The molecule has 1 aliphatic rings. The van der Waals surface area contributed by atoms with E-state index in [1.165, 1.54) is 7.11 Å². The number of nitrogens with zero attached hydrogens (tertiary/aromatic N) is 3. The van der Waals surface area contributed by atoms with Crippen LogP contribution in [0.2, 0.25) is 0 Å². The quantitative estimate of drug-likeness (QED) is 0.417. The van der Waals surface area contributed by atoms with Crippen molar-refractivity contribution in [3.63, 3.8) is 0 Å². The standard InChI is InChI=1S/C23H23N3O4/c1-29-22(27)17-30-21-9-7-18(8-10-21)15-19(16-24)23(28)26-13-11-25(12-14-26)20-5-3-2-4-6-20/h2-10,15H,11-14,17H2,1H3/b19-15-.